The van der Waals surface area contributed by atoms with E-state index in [2.05, 4.69) is 31.0 Å². The van der Waals surface area contributed by atoms with Crippen LogP contribution in [0.4, 0.5) is 0 Å². The molecule has 1 aromatic carbocycles. The molecule has 21 heavy (non-hydrogen) atoms. The second-order valence-corrected chi connectivity index (χ2v) is 6.17. The second-order valence-electron chi connectivity index (χ2n) is 5.23. The molecule has 5 nitrogen and oxygen atoms in total. The van der Waals surface area contributed by atoms with Crippen LogP contribution in [0.5, 0.6) is 0 Å². The summed E-state index contributed by atoms with van der Waals surface area (Å²) in [5.41, 5.74) is 0.956. The van der Waals surface area contributed by atoms with E-state index in [-0.39, 0.29) is 11.7 Å². The van der Waals surface area contributed by atoms with Crippen molar-refractivity contribution in [2.75, 3.05) is 5.75 Å². The molecule has 0 aliphatic rings. The molecule has 0 aliphatic carbocycles. The molecular formula is C15H19N3O2S. The van der Waals surface area contributed by atoms with Gasteiger partial charge in [0, 0.05) is 11.6 Å². The number of carbonyl (C=O) groups is 1. The maximum Gasteiger partial charge on any atom is 0.313 e. The molecule has 0 saturated heterocycles. The van der Waals surface area contributed by atoms with Gasteiger partial charge in [-0.25, -0.2) is 0 Å². The summed E-state index contributed by atoms with van der Waals surface area (Å²) in [7, 11) is 0. The topological polar surface area (TPSA) is 68.0 Å². The van der Waals surface area contributed by atoms with Gasteiger partial charge in [0.2, 0.25) is 0 Å². The van der Waals surface area contributed by atoms with Gasteiger partial charge in [-0.15, -0.1) is 10.2 Å². The smallest absolute Gasteiger partial charge is 0.313 e. The van der Waals surface area contributed by atoms with Crippen LogP contribution < -0.4 is 0 Å². The van der Waals surface area contributed by atoms with Crippen LogP contribution in [0.25, 0.3) is 5.69 Å². The van der Waals surface area contributed by atoms with Crippen LogP contribution in [0.3, 0.4) is 0 Å². The van der Waals surface area contributed by atoms with Gasteiger partial charge in [0.25, 0.3) is 0 Å². The van der Waals surface area contributed by atoms with Crippen LogP contribution in [0.1, 0.15) is 32.5 Å². The fourth-order valence-corrected chi connectivity index (χ4v) is 2.59. The zero-order valence-electron chi connectivity index (χ0n) is 12.4. The van der Waals surface area contributed by atoms with E-state index < -0.39 is 5.97 Å². The third kappa shape index (κ3) is 3.64. The van der Waals surface area contributed by atoms with Gasteiger partial charge in [0.1, 0.15) is 5.82 Å². The fourth-order valence-electron chi connectivity index (χ4n) is 1.91. The first-order chi connectivity index (χ1) is 10.0. The molecule has 1 atom stereocenters. The molecule has 1 unspecified atom stereocenters. The summed E-state index contributed by atoms with van der Waals surface area (Å²) < 4.78 is 1.96. The van der Waals surface area contributed by atoms with Gasteiger partial charge < -0.3 is 5.11 Å². The van der Waals surface area contributed by atoms with Gasteiger partial charge in [-0.3, -0.25) is 9.36 Å². The summed E-state index contributed by atoms with van der Waals surface area (Å²) >= 11 is 1.19. The average molecular weight is 305 g/mol. The molecule has 6 heteroatoms. The molecule has 1 aromatic heterocycles. The van der Waals surface area contributed by atoms with Crippen molar-refractivity contribution in [1.82, 2.24) is 14.8 Å². The second kappa shape index (κ2) is 6.76. The quantitative estimate of drug-likeness (QED) is 0.830. The largest absolute Gasteiger partial charge is 0.481 e. The van der Waals surface area contributed by atoms with Gasteiger partial charge >= 0.3 is 5.97 Å². The third-order valence-corrected chi connectivity index (χ3v) is 4.32. The Morgan fingerprint density at radius 1 is 1.24 bits per heavy atom. The van der Waals surface area contributed by atoms with E-state index in [9.17, 15) is 4.79 Å². The number of hydrogen-bond donors (Lipinski definition) is 1. The maximum atomic E-state index is 10.8. The van der Waals surface area contributed by atoms with Gasteiger partial charge in [0.15, 0.2) is 5.16 Å². The van der Waals surface area contributed by atoms with E-state index in [4.69, 9.17) is 5.11 Å². The lowest BCUT2D eigenvalue weighted by Gasteiger charge is -2.17. The van der Waals surface area contributed by atoms with Crippen LogP contribution in [0, 0.1) is 5.92 Å². The third-order valence-electron chi connectivity index (χ3n) is 3.40. The van der Waals surface area contributed by atoms with Crippen molar-refractivity contribution in [2.24, 2.45) is 5.92 Å². The van der Waals surface area contributed by atoms with Gasteiger partial charge in [0.05, 0.1) is 5.75 Å². The lowest BCUT2D eigenvalue weighted by Crippen LogP contribution is -2.11. The van der Waals surface area contributed by atoms with E-state index >= 15 is 0 Å². The van der Waals surface area contributed by atoms with E-state index in [1.165, 1.54) is 11.8 Å². The highest BCUT2D eigenvalue weighted by atomic mass is 32.2. The minimum atomic E-state index is -0.860. The number of rotatable bonds is 6. The highest BCUT2D eigenvalue weighted by Gasteiger charge is 2.21. The molecule has 2 aromatic rings. The number of benzene rings is 1. The van der Waals surface area contributed by atoms with E-state index in [0.29, 0.717) is 11.1 Å². The predicted molar refractivity (Wildman–Crippen MR) is 83.0 cm³/mol. The first-order valence-electron chi connectivity index (χ1n) is 6.86. The molecule has 2 rings (SSSR count). The van der Waals surface area contributed by atoms with Crippen LogP contribution in [-0.4, -0.2) is 31.6 Å². The summed E-state index contributed by atoms with van der Waals surface area (Å²) in [6.45, 7) is 6.39. The number of aliphatic carboxylic acids is 1. The molecular weight excluding hydrogens is 286 g/mol. The summed E-state index contributed by atoms with van der Waals surface area (Å²) in [5, 5.41) is 18.0. The molecule has 1 heterocycles. The summed E-state index contributed by atoms with van der Waals surface area (Å²) in [6, 6.07) is 9.80. The summed E-state index contributed by atoms with van der Waals surface area (Å²) in [4.78, 5) is 10.8. The predicted octanol–water partition coefficient (Wildman–Crippen LogP) is 3.20. The Labute approximate surface area is 128 Å². The number of aromatic nitrogens is 3. The van der Waals surface area contributed by atoms with Crippen LogP contribution in [-0.2, 0) is 4.79 Å². The van der Waals surface area contributed by atoms with Crippen LogP contribution in [0.2, 0.25) is 0 Å². The van der Waals surface area contributed by atoms with Crippen molar-refractivity contribution >= 4 is 17.7 Å². The first kappa shape index (κ1) is 15.6. The molecule has 0 fully saturated rings. The Hall–Kier alpha value is -1.82. The van der Waals surface area contributed by atoms with Crippen molar-refractivity contribution in [1.29, 1.82) is 0 Å². The number of nitrogens with zero attached hydrogens (tertiary/aromatic N) is 3. The van der Waals surface area contributed by atoms with E-state index in [1.807, 2.05) is 34.9 Å². The molecule has 0 aliphatic heterocycles. The fraction of sp³-hybridized carbons (Fsp3) is 0.400. The van der Waals surface area contributed by atoms with Crippen molar-refractivity contribution in [2.45, 2.75) is 31.8 Å². The molecule has 0 amide bonds. The number of carboxylic acids is 1. The highest BCUT2D eigenvalue weighted by Crippen LogP contribution is 2.29. The Morgan fingerprint density at radius 3 is 2.48 bits per heavy atom. The molecule has 0 spiro atoms. The lowest BCUT2D eigenvalue weighted by molar-refractivity contribution is -0.133. The molecule has 0 saturated carbocycles. The molecule has 112 valence electrons. The zero-order chi connectivity index (χ0) is 15.4. The Balaban J connectivity index is 2.45. The molecule has 0 bridgehead atoms. The molecule has 0 radical (unpaired) electrons. The SMILES string of the molecule is CC(C)C(C)c1nnc(SCC(=O)O)n1-c1ccccc1. The Bertz CT molecular complexity index is 611. The van der Waals surface area contributed by atoms with Crippen molar-refractivity contribution < 1.29 is 9.90 Å². The summed E-state index contributed by atoms with van der Waals surface area (Å²) in [6.07, 6.45) is 0. The van der Waals surface area contributed by atoms with Crippen LogP contribution >= 0.6 is 11.8 Å². The number of thioether (sulfide) groups is 1. The number of carboxylic acid groups (broad SMARTS) is 1. The van der Waals surface area contributed by atoms with Crippen molar-refractivity contribution in [3.05, 3.63) is 36.2 Å². The average Bonchev–Trinajstić information content (AvgIpc) is 2.88. The Morgan fingerprint density at radius 2 is 1.90 bits per heavy atom. The molecule has 1 N–H and O–H groups in total. The Kier molecular flexibility index (Phi) is 5.01. The normalized spacial score (nSPS) is 12.6. The number of para-hydroxylation sites is 1. The monoisotopic (exact) mass is 305 g/mol. The standard InChI is InChI=1S/C15H19N3O2S/c1-10(2)11(3)14-16-17-15(21-9-13(19)20)18(14)12-7-5-4-6-8-12/h4-8,10-11H,9H2,1-3H3,(H,19,20). The lowest BCUT2D eigenvalue weighted by atomic mass is 9.97. The van der Waals surface area contributed by atoms with Gasteiger partial charge in [-0.1, -0.05) is 50.7 Å². The minimum absolute atomic E-state index is 0.0268. The summed E-state index contributed by atoms with van der Waals surface area (Å²) in [5.74, 6) is 0.636. The van der Waals surface area contributed by atoms with Crippen molar-refractivity contribution in [3.63, 3.8) is 0 Å². The van der Waals surface area contributed by atoms with E-state index in [0.717, 1.165) is 11.5 Å². The first-order valence-corrected chi connectivity index (χ1v) is 7.84. The number of hydrogen-bond acceptors (Lipinski definition) is 4. The zero-order valence-corrected chi connectivity index (χ0v) is 13.2. The van der Waals surface area contributed by atoms with Gasteiger partial charge in [-0.2, -0.15) is 0 Å². The van der Waals surface area contributed by atoms with E-state index in [1.54, 1.807) is 0 Å². The van der Waals surface area contributed by atoms with Gasteiger partial charge in [-0.05, 0) is 18.1 Å². The van der Waals surface area contributed by atoms with Crippen molar-refractivity contribution in [3.8, 4) is 5.69 Å². The van der Waals surface area contributed by atoms with Crippen LogP contribution in [0.15, 0.2) is 35.5 Å². The highest BCUT2D eigenvalue weighted by molar-refractivity contribution is 7.99. The maximum absolute atomic E-state index is 10.8. The minimum Gasteiger partial charge on any atom is -0.481 e.